The number of alkyl halides is 5. The third kappa shape index (κ3) is 2.86. The monoisotopic (exact) mass is 398 g/mol. The molecule has 0 atom stereocenters. The van der Waals surface area contributed by atoms with Gasteiger partial charge in [0.05, 0.1) is 0 Å². The van der Waals surface area contributed by atoms with E-state index in [1.807, 2.05) is 0 Å². The molecule has 0 fully saturated rings. The maximum atomic E-state index is 14.6. The van der Waals surface area contributed by atoms with Crippen LogP contribution >= 0.6 is 0 Å². The largest absolute Gasteiger partial charge is 0.508 e. The molecule has 0 bridgehead atoms. The number of halogens is 5. The Labute approximate surface area is 144 Å². The summed E-state index contributed by atoms with van der Waals surface area (Å²) in [6.07, 6.45) is -5.90. The Morgan fingerprint density at radius 3 is 1.23 bits per heavy atom. The Kier molecular flexibility index (Phi) is 4.67. The van der Waals surface area contributed by atoms with Crippen LogP contribution in [0.25, 0.3) is 0 Å². The van der Waals surface area contributed by atoms with E-state index in [1.54, 1.807) is 0 Å². The summed E-state index contributed by atoms with van der Waals surface area (Å²) in [7, 11) is -6.54. The summed E-state index contributed by atoms with van der Waals surface area (Å²) in [6, 6.07) is 4.52. The normalized spacial score (nSPS) is 13.6. The SMILES string of the molecule is O=S(=O)(O)C(F)(F)C(c1ccc(O)cc1)(c1ccc(O)cc1)C(F)(F)F. The minimum Gasteiger partial charge on any atom is -0.508 e. The van der Waals surface area contributed by atoms with Gasteiger partial charge < -0.3 is 10.2 Å². The van der Waals surface area contributed by atoms with Crippen LogP contribution < -0.4 is 0 Å². The van der Waals surface area contributed by atoms with Crippen molar-refractivity contribution < 1.29 is 45.1 Å². The molecule has 2 aromatic rings. The van der Waals surface area contributed by atoms with Crippen molar-refractivity contribution in [3.63, 3.8) is 0 Å². The van der Waals surface area contributed by atoms with Crippen molar-refractivity contribution in [2.45, 2.75) is 16.8 Å². The number of phenols is 2. The molecular weight excluding hydrogens is 387 g/mol. The standard InChI is InChI=1S/C15H11F5O5S/c16-14(17,18)13(15(19,20)26(23,24)25,9-1-5-11(21)6-2-9)10-3-7-12(22)8-4-10/h1-8,21-22H,(H,23,24,25). The Balaban J connectivity index is 3.04. The molecular formula is C15H11F5O5S. The lowest BCUT2D eigenvalue weighted by molar-refractivity contribution is -0.223. The van der Waals surface area contributed by atoms with Gasteiger partial charge in [0.25, 0.3) is 0 Å². The summed E-state index contributed by atoms with van der Waals surface area (Å²) in [5, 5.41) is 12.7. The van der Waals surface area contributed by atoms with Gasteiger partial charge in [-0.25, -0.2) is 0 Å². The van der Waals surface area contributed by atoms with Gasteiger partial charge in [0.15, 0.2) is 5.41 Å². The zero-order valence-electron chi connectivity index (χ0n) is 12.6. The van der Waals surface area contributed by atoms with Gasteiger partial charge in [0, 0.05) is 0 Å². The maximum Gasteiger partial charge on any atom is 0.409 e. The minimum absolute atomic E-state index is 0.467. The molecule has 3 N–H and O–H groups in total. The van der Waals surface area contributed by atoms with Gasteiger partial charge in [-0.05, 0) is 35.4 Å². The number of aromatic hydroxyl groups is 2. The summed E-state index contributed by atoms with van der Waals surface area (Å²) in [5.41, 5.74) is -6.98. The maximum absolute atomic E-state index is 14.6. The van der Waals surface area contributed by atoms with Crippen molar-refractivity contribution in [3.05, 3.63) is 59.7 Å². The van der Waals surface area contributed by atoms with E-state index in [0.29, 0.717) is 48.5 Å². The van der Waals surface area contributed by atoms with E-state index in [4.69, 9.17) is 4.55 Å². The molecule has 0 heterocycles. The molecule has 26 heavy (non-hydrogen) atoms. The first-order chi connectivity index (χ1) is 11.7. The van der Waals surface area contributed by atoms with Crippen molar-refractivity contribution in [3.8, 4) is 11.5 Å². The summed E-state index contributed by atoms with van der Waals surface area (Å²) < 4.78 is 103. The second kappa shape index (κ2) is 6.09. The van der Waals surface area contributed by atoms with Crippen LogP contribution in [0.2, 0.25) is 0 Å². The highest BCUT2D eigenvalue weighted by Crippen LogP contribution is 2.57. The third-order valence-electron chi connectivity index (χ3n) is 3.79. The fraction of sp³-hybridized carbons (Fsp3) is 0.200. The molecule has 2 rings (SSSR count). The molecule has 0 radical (unpaired) electrons. The fourth-order valence-corrected chi connectivity index (χ4v) is 3.35. The molecule has 0 aliphatic heterocycles. The van der Waals surface area contributed by atoms with E-state index >= 15 is 0 Å². The van der Waals surface area contributed by atoms with Gasteiger partial charge in [0.1, 0.15) is 11.5 Å². The van der Waals surface area contributed by atoms with Crippen molar-refractivity contribution in [2.24, 2.45) is 0 Å². The molecule has 0 saturated carbocycles. The van der Waals surface area contributed by atoms with Crippen LogP contribution in [0.3, 0.4) is 0 Å². The highest BCUT2D eigenvalue weighted by molar-refractivity contribution is 7.87. The Morgan fingerprint density at radius 2 is 1.00 bits per heavy atom. The van der Waals surface area contributed by atoms with E-state index in [0.717, 1.165) is 0 Å². The van der Waals surface area contributed by atoms with Crippen molar-refractivity contribution in [1.82, 2.24) is 0 Å². The summed E-state index contributed by atoms with van der Waals surface area (Å²) >= 11 is 0. The summed E-state index contributed by atoms with van der Waals surface area (Å²) in [5.74, 6) is -1.10. The Bertz CT molecular complexity index is 844. The molecule has 0 unspecified atom stereocenters. The smallest absolute Gasteiger partial charge is 0.409 e. The second-order valence-electron chi connectivity index (χ2n) is 5.33. The van der Waals surface area contributed by atoms with E-state index < -0.39 is 49.6 Å². The Hall–Kier alpha value is -2.40. The second-order valence-corrected chi connectivity index (χ2v) is 6.80. The highest BCUT2D eigenvalue weighted by Gasteiger charge is 2.76. The third-order valence-corrected chi connectivity index (χ3v) is 4.74. The van der Waals surface area contributed by atoms with Crippen LogP contribution in [0.5, 0.6) is 11.5 Å². The average Bonchev–Trinajstić information content (AvgIpc) is 2.49. The van der Waals surface area contributed by atoms with Crippen molar-refractivity contribution in [1.29, 1.82) is 0 Å². The molecule has 142 valence electrons. The fourth-order valence-electron chi connectivity index (χ4n) is 2.61. The van der Waals surface area contributed by atoms with E-state index in [2.05, 4.69) is 0 Å². The molecule has 0 aliphatic rings. The number of benzene rings is 2. The zero-order chi connectivity index (χ0) is 20.0. The lowest BCUT2D eigenvalue weighted by Gasteiger charge is -2.40. The van der Waals surface area contributed by atoms with Gasteiger partial charge in [-0.3, -0.25) is 4.55 Å². The van der Waals surface area contributed by atoms with E-state index in [9.17, 15) is 40.6 Å². The molecule has 0 aromatic heterocycles. The number of hydrogen-bond donors (Lipinski definition) is 3. The lowest BCUT2D eigenvalue weighted by atomic mass is 9.73. The van der Waals surface area contributed by atoms with Crippen LogP contribution in [-0.4, -0.2) is 34.6 Å². The highest BCUT2D eigenvalue weighted by atomic mass is 32.2. The Morgan fingerprint density at radius 1 is 0.692 bits per heavy atom. The molecule has 11 heteroatoms. The first-order valence-corrected chi connectivity index (χ1v) is 8.19. The molecule has 0 saturated heterocycles. The first kappa shape index (κ1) is 19.9. The predicted octanol–water partition coefficient (Wildman–Crippen LogP) is 3.43. The topological polar surface area (TPSA) is 94.8 Å². The summed E-state index contributed by atoms with van der Waals surface area (Å²) in [6.45, 7) is 0. The predicted molar refractivity (Wildman–Crippen MR) is 79.5 cm³/mol. The number of hydrogen-bond acceptors (Lipinski definition) is 4. The molecule has 0 spiro atoms. The van der Waals surface area contributed by atoms with E-state index in [1.165, 1.54) is 0 Å². The summed E-state index contributed by atoms with van der Waals surface area (Å²) in [4.78, 5) is 0. The molecule has 0 aliphatic carbocycles. The van der Waals surface area contributed by atoms with Gasteiger partial charge >= 0.3 is 21.5 Å². The molecule has 2 aromatic carbocycles. The number of phenolic OH excluding ortho intramolecular Hbond substituents is 2. The first-order valence-electron chi connectivity index (χ1n) is 6.75. The van der Waals surface area contributed by atoms with Crippen LogP contribution in [0.15, 0.2) is 48.5 Å². The minimum atomic E-state index is -6.54. The van der Waals surface area contributed by atoms with Crippen molar-refractivity contribution >= 4 is 10.1 Å². The molecule has 5 nitrogen and oxygen atoms in total. The van der Waals surface area contributed by atoms with Gasteiger partial charge in [0.2, 0.25) is 0 Å². The quantitative estimate of drug-likeness (QED) is 0.542. The van der Waals surface area contributed by atoms with Crippen molar-refractivity contribution in [2.75, 3.05) is 0 Å². The van der Waals surface area contributed by atoms with Gasteiger partial charge in [-0.15, -0.1) is 0 Å². The van der Waals surface area contributed by atoms with Crippen LogP contribution in [0, 0.1) is 0 Å². The van der Waals surface area contributed by atoms with Crippen LogP contribution in [-0.2, 0) is 15.5 Å². The van der Waals surface area contributed by atoms with E-state index in [-0.39, 0.29) is 0 Å². The average molecular weight is 398 g/mol. The lowest BCUT2D eigenvalue weighted by Crippen LogP contribution is -2.60. The van der Waals surface area contributed by atoms with Crippen LogP contribution in [0.1, 0.15) is 11.1 Å². The van der Waals surface area contributed by atoms with Gasteiger partial charge in [-0.2, -0.15) is 30.4 Å². The number of rotatable bonds is 4. The van der Waals surface area contributed by atoms with Gasteiger partial charge in [-0.1, -0.05) is 24.3 Å². The molecule has 0 amide bonds. The zero-order valence-corrected chi connectivity index (χ0v) is 13.4. The van der Waals surface area contributed by atoms with Crippen LogP contribution in [0.4, 0.5) is 22.0 Å².